The van der Waals surface area contributed by atoms with Gasteiger partial charge in [0.15, 0.2) is 0 Å². The van der Waals surface area contributed by atoms with Crippen LogP contribution < -0.4 is 0 Å². The maximum Gasteiger partial charge on any atom is 0.242 e. The molecule has 2 atom stereocenters. The quantitative estimate of drug-likeness (QED) is 0.542. The minimum atomic E-state index is -3.68. The minimum absolute atomic E-state index is 0.664. The Morgan fingerprint density at radius 1 is 1.29 bits per heavy atom. The van der Waals surface area contributed by atoms with Crippen LogP contribution in [0.3, 0.4) is 0 Å². The molecule has 0 fully saturated rings. The van der Waals surface area contributed by atoms with E-state index in [2.05, 4.69) is 6.58 Å². The van der Waals surface area contributed by atoms with Gasteiger partial charge in [0.2, 0.25) is 9.05 Å². The van der Waals surface area contributed by atoms with Crippen molar-refractivity contribution in [3.8, 4) is 0 Å². The van der Waals surface area contributed by atoms with Crippen molar-refractivity contribution in [1.82, 2.24) is 0 Å². The topological polar surface area (TPSA) is 34.1 Å². The van der Waals surface area contributed by atoms with Gasteiger partial charge in [0.05, 0.1) is 0 Å². The lowest BCUT2D eigenvalue weighted by Crippen LogP contribution is -2.45. The van der Waals surface area contributed by atoms with E-state index in [1.165, 1.54) is 0 Å². The molecule has 0 aromatic rings. The van der Waals surface area contributed by atoms with E-state index < -0.39 is 19.2 Å². The second-order valence-electron chi connectivity index (χ2n) is 3.75. The molecule has 14 heavy (non-hydrogen) atoms. The first-order chi connectivity index (χ1) is 6.27. The number of hydrogen-bond acceptors (Lipinski definition) is 2. The lowest BCUT2D eigenvalue weighted by Gasteiger charge is -2.39. The summed E-state index contributed by atoms with van der Waals surface area (Å²) in [4.78, 5) is 0. The highest BCUT2D eigenvalue weighted by Crippen LogP contribution is 2.44. The molecule has 0 N–H and O–H groups in total. The summed E-state index contributed by atoms with van der Waals surface area (Å²) >= 11 is 0. The van der Waals surface area contributed by atoms with E-state index in [4.69, 9.17) is 10.7 Å². The van der Waals surface area contributed by atoms with Gasteiger partial charge in [0, 0.05) is 16.1 Å². The van der Waals surface area contributed by atoms with Gasteiger partial charge in [-0.2, -0.15) is 0 Å². The van der Waals surface area contributed by atoms with E-state index in [0.29, 0.717) is 0 Å². The average Bonchev–Trinajstić information content (AvgIpc) is 2.08. The highest BCUT2D eigenvalue weighted by molar-refractivity contribution is 8.15. The molecule has 78 valence electrons. The molecular formula is C10H13ClO2S. The van der Waals surface area contributed by atoms with Gasteiger partial charge in [-0.15, -0.1) is 6.58 Å². The third-order valence-electron chi connectivity index (χ3n) is 2.97. The summed E-state index contributed by atoms with van der Waals surface area (Å²) < 4.78 is 21.9. The van der Waals surface area contributed by atoms with E-state index in [-0.39, 0.29) is 0 Å². The van der Waals surface area contributed by atoms with E-state index in [1.54, 1.807) is 44.2 Å². The third kappa shape index (κ3) is 1.44. The van der Waals surface area contributed by atoms with Gasteiger partial charge in [0.25, 0.3) is 0 Å². The Morgan fingerprint density at radius 2 is 1.79 bits per heavy atom. The predicted octanol–water partition coefficient (Wildman–Crippen LogP) is 2.63. The van der Waals surface area contributed by atoms with Gasteiger partial charge >= 0.3 is 0 Å². The summed E-state index contributed by atoms with van der Waals surface area (Å²) in [6.45, 7) is 7.04. The molecule has 0 saturated heterocycles. The number of allylic oxidation sites excluding steroid dienone is 4. The molecule has 1 aliphatic rings. The second-order valence-corrected chi connectivity index (χ2v) is 6.69. The highest BCUT2D eigenvalue weighted by Gasteiger charge is 2.49. The van der Waals surface area contributed by atoms with E-state index in [1.807, 2.05) is 0 Å². The second kappa shape index (κ2) is 3.24. The van der Waals surface area contributed by atoms with Crippen LogP contribution in [0.4, 0.5) is 0 Å². The number of rotatable bonds is 2. The summed E-state index contributed by atoms with van der Waals surface area (Å²) in [5, 5.41) is 0. The Labute approximate surface area is 89.4 Å². The largest absolute Gasteiger partial charge is 0.242 e. The van der Waals surface area contributed by atoms with Crippen LogP contribution in [0, 0.1) is 5.41 Å². The zero-order valence-corrected chi connectivity index (χ0v) is 9.77. The molecule has 0 radical (unpaired) electrons. The van der Waals surface area contributed by atoms with Crippen molar-refractivity contribution in [1.29, 1.82) is 0 Å². The summed E-state index contributed by atoms with van der Waals surface area (Å²) in [6.07, 6.45) is 8.47. The molecule has 2 unspecified atom stereocenters. The SMILES string of the molecule is C=CC1(C)C=CC=CC1(C)S(=O)(=O)Cl. The predicted molar refractivity (Wildman–Crippen MR) is 59.8 cm³/mol. The smallest absolute Gasteiger partial charge is 0.211 e. The first kappa shape index (κ1) is 11.5. The Bertz CT molecular complexity index is 408. The van der Waals surface area contributed by atoms with Crippen LogP contribution in [0.1, 0.15) is 13.8 Å². The van der Waals surface area contributed by atoms with Crippen LogP contribution in [0.2, 0.25) is 0 Å². The normalized spacial score (nSPS) is 37.1. The fourth-order valence-corrected chi connectivity index (χ4v) is 3.03. The van der Waals surface area contributed by atoms with Crippen LogP contribution in [0.5, 0.6) is 0 Å². The van der Waals surface area contributed by atoms with Gasteiger partial charge in [-0.25, -0.2) is 8.42 Å². The fraction of sp³-hybridized carbons (Fsp3) is 0.400. The lowest BCUT2D eigenvalue weighted by molar-refractivity contribution is 0.431. The minimum Gasteiger partial charge on any atom is -0.211 e. The van der Waals surface area contributed by atoms with E-state index >= 15 is 0 Å². The molecular weight excluding hydrogens is 220 g/mol. The number of hydrogen-bond donors (Lipinski definition) is 0. The van der Waals surface area contributed by atoms with Crippen molar-refractivity contribution in [2.24, 2.45) is 5.41 Å². The van der Waals surface area contributed by atoms with Crippen molar-refractivity contribution in [2.45, 2.75) is 18.6 Å². The summed E-state index contributed by atoms with van der Waals surface area (Å²) in [5.74, 6) is 0. The van der Waals surface area contributed by atoms with Gasteiger partial charge in [-0.3, -0.25) is 0 Å². The van der Waals surface area contributed by atoms with Crippen LogP contribution in [0.15, 0.2) is 37.0 Å². The standard InChI is InChI=1S/C10H13ClO2S/c1-4-9(2)7-5-6-8-10(9,3)14(11,12)13/h4-8H,1H2,2-3H3. The maximum absolute atomic E-state index is 11.5. The van der Waals surface area contributed by atoms with Gasteiger partial charge in [-0.1, -0.05) is 37.3 Å². The van der Waals surface area contributed by atoms with Crippen LogP contribution in [0.25, 0.3) is 0 Å². The molecule has 0 amide bonds. The van der Waals surface area contributed by atoms with Gasteiger partial charge in [-0.05, 0) is 6.92 Å². The van der Waals surface area contributed by atoms with Gasteiger partial charge in [0.1, 0.15) is 4.75 Å². The zero-order valence-electron chi connectivity index (χ0n) is 8.20. The van der Waals surface area contributed by atoms with Crippen LogP contribution in [-0.4, -0.2) is 13.2 Å². The summed E-state index contributed by atoms with van der Waals surface area (Å²) in [7, 11) is 1.77. The molecule has 0 aliphatic heterocycles. The molecule has 0 saturated carbocycles. The van der Waals surface area contributed by atoms with Crippen molar-refractivity contribution in [3.63, 3.8) is 0 Å². The monoisotopic (exact) mass is 232 g/mol. The fourth-order valence-electron chi connectivity index (χ4n) is 1.45. The average molecular weight is 233 g/mol. The molecule has 4 heteroatoms. The number of halogens is 1. The lowest BCUT2D eigenvalue weighted by atomic mass is 9.75. The van der Waals surface area contributed by atoms with Crippen molar-refractivity contribution in [3.05, 3.63) is 37.0 Å². The van der Waals surface area contributed by atoms with E-state index in [0.717, 1.165) is 0 Å². The van der Waals surface area contributed by atoms with Gasteiger partial charge < -0.3 is 0 Å². The van der Waals surface area contributed by atoms with Crippen molar-refractivity contribution >= 4 is 19.7 Å². The molecule has 1 rings (SSSR count). The Morgan fingerprint density at radius 3 is 2.14 bits per heavy atom. The highest BCUT2D eigenvalue weighted by atomic mass is 35.7. The Balaban J connectivity index is 3.42. The Kier molecular flexibility index (Phi) is 2.67. The maximum atomic E-state index is 11.5. The summed E-state index contributed by atoms with van der Waals surface area (Å²) in [6, 6.07) is 0. The van der Waals surface area contributed by atoms with Crippen LogP contribution in [-0.2, 0) is 9.05 Å². The third-order valence-corrected chi connectivity index (χ3v) is 5.52. The molecule has 0 bridgehead atoms. The van der Waals surface area contributed by atoms with E-state index in [9.17, 15) is 8.42 Å². The molecule has 0 aromatic heterocycles. The van der Waals surface area contributed by atoms with Crippen LogP contribution >= 0.6 is 10.7 Å². The molecule has 0 spiro atoms. The molecule has 1 aliphatic carbocycles. The first-order valence-corrected chi connectivity index (χ1v) is 6.53. The molecule has 0 aromatic carbocycles. The van der Waals surface area contributed by atoms with Crippen molar-refractivity contribution in [2.75, 3.05) is 0 Å². The zero-order chi connectivity index (χ0) is 11.0. The Hall–Kier alpha value is -0.540. The van der Waals surface area contributed by atoms with Crippen molar-refractivity contribution < 1.29 is 8.42 Å². The molecule has 0 heterocycles. The summed E-state index contributed by atoms with van der Waals surface area (Å²) in [5.41, 5.74) is -0.664. The first-order valence-electron chi connectivity index (χ1n) is 4.22. The molecule has 2 nitrogen and oxygen atoms in total.